The Morgan fingerprint density at radius 2 is 2.12 bits per heavy atom. The fourth-order valence-corrected chi connectivity index (χ4v) is 3.19. The molecule has 0 bridgehead atoms. The molecular weight excluding hydrogens is 320 g/mol. The van der Waals surface area contributed by atoms with E-state index < -0.39 is 0 Å². The van der Waals surface area contributed by atoms with E-state index in [4.69, 9.17) is 0 Å². The SMILES string of the molecule is CN=C(NCCCCn1ccccc1=O)NCC(C)c1cccs1. The Morgan fingerprint density at radius 3 is 2.83 bits per heavy atom. The number of guanidine groups is 1. The summed E-state index contributed by atoms with van der Waals surface area (Å²) in [5.74, 6) is 1.30. The van der Waals surface area contributed by atoms with Gasteiger partial charge in [0.2, 0.25) is 5.56 Å². The van der Waals surface area contributed by atoms with Crippen LogP contribution in [0.2, 0.25) is 0 Å². The molecule has 2 rings (SSSR count). The summed E-state index contributed by atoms with van der Waals surface area (Å²) in [5.41, 5.74) is 0.0606. The normalized spacial score (nSPS) is 12.8. The first-order valence-corrected chi connectivity index (χ1v) is 9.22. The molecule has 1 unspecified atom stereocenters. The number of aromatic nitrogens is 1. The number of nitrogens with one attached hydrogen (secondary N) is 2. The van der Waals surface area contributed by atoms with E-state index >= 15 is 0 Å². The highest BCUT2D eigenvalue weighted by Crippen LogP contribution is 2.19. The molecule has 5 nitrogen and oxygen atoms in total. The van der Waals surface area contributed by atoms with Crippen LogP contribution in [-0.2, 0) is 6.54 Å². The minimum Gasteiger partial charge on any atom is -0.356 e. The molecule has 0 saturated heterocycles. The molecule has 24 heavy (non-hydrogen) atoms. The topological polar surface area (TPSA) is 58.4 Å². The standard InChI is InChI=1S/C18H26N4OS/c1-15(16-8-7-13-24-16)14-21-18(19-2)20-10-4-6-12-22-11-5-3-9-17(22)23/h3,5,7-9,11,13,15H,4,6,10,12,14H2,1-2H3,(H2,19,20,21). The first-order valence-electron chi connectivity index (χ1n) is 8.34. The van der Waals surface area contributed by atoms with Crippen LogP contribution in [0.25, 0.3) is 0 Å². The molecule has 0 saturated carbocycles. The van der Waals surface area contributed by atoms with Crippen molar-refractivity contribution >= 4 is 17.3 Å². The molecule has 0 aliphatic heterocycles. The fourth-order valence-electron chi connectivity index (χ4n) is 2.40. The number of unbranched alkanes of at least 4 members (excludes halogenated alkanes) is 1. The number of hydrogen-bond acceptors (Lipinski definition) is 3. The summed E-state index contributed by atoms with van der Waals surface area (Å²) in [6.07, 6.45) is 3.78. The van der Waals surface area contributed by atoms with E-state index in [2.05, 4.69) is 40.1 Å². The molecule has 0 spiro atoms. The summed E-state index contributed by atoms with van der Waals surface area (Å²) >= 11 is 1.79. The summed E-state index contributed by atoms with van der Waals surface area (Å²) in [6.45, 7) is 4.67. The molecular formula is C18H26N4OS. The van der Waals surface area contributed by atoms with Gasteiger partial charge in [0.1, 0.15) is 0 Å². The summed E-state index contributed by atoms with van der Waals surface area (Å²) in [7, 11) is 1.79. The predicted octanol–water partition coefficient (Wildman–Crippen LogP) is 2.66. The lowest BCUT2D eigenvalue weighted by Gasteiger charge is -2.15. The zero-order chi connectivity index (χ0) is 17.2. The van der Waals surface area contributed by atoms with Crippen LogP contribution in [-0.4, -0.2) is 30.7 Å². The van der Waals surface area contributed by atoms with E-state index in [1.54, 1.807) is 35.1 Å². The van der Waals surface area contributed by atoms with Crippen molar-refractivity contribution in [3.05, 3.63) is 57.1 Å². The largest absolute Gasteiger partial charge is 0.356 e. The quantitative estimate of drug-likeness (QED) is 0.439. The summed E-state index contributed by atoms with van der Waals surface area (Å²) in [6, 6.07) is 9.51. The van der Waals surface area contributed by atoms with Crippen LogP contribution in [0.15, 0.2) is 51.7 Å². The lowest BCUT2D eigenvalue weighted by atomic mass is 10.1. The van der Waals surface area contributed by atoms with Gasteiger partial charge < -0.3 is 15.2 Å². The molecule has 6 heteroatoms. The number of pyridine rings is 1. The second-order valence-electron chi connectivity index (χ2n) is 5.74. The highest BCUT2D eigenvalue weighted by Gasteiger charge is 2.07. The first kappa shape index (κ1) is 18.3. The van der Waals surface area contributed by atoms with Gasteiger partial charge in [-0.2, -0.15) is 0 Å². The lowest BCUT2D eigenvalue weighted by molar-refractivity contribution is 0.584. The molecule has 2 aromatic rings. The van der Waals surface area contributed by atoms with Gasteiger partial charge in [-0.3, -0.25) is 9.79 Å². The molecule has 0 aliphatic carbocycles. The summed E-state index contributed by atoms with van der Waals surface area (Å²) in [5, 5.41) is 8.80. The molecule has 130 valence electrons. The first-order chi connectivity index (χ1) is 11.7. The third-order valence-electron chi connectivity index (χ3n) is 3.85. The van der Waals surface area contributed by atoms with Crippen LogP contribution in [0.1, 0.15) is 30.6 Å². The molecule has 2 N–H and O–H groups in total. The smallest absolute Gasteiger partial charge is 0.250 e. The van der Waals surface area contributed by atoms with Crippen molar-refractivity contribution in [3.8, 4) is 0 Å². The summed E-state index contributed by atoms with van der Waals surface area (Å²) in [4.78, 5) is 17.2. The Balaban J connectivity index is 1.63. The van der Waals surface area contributed by atoms with Crippen LogP contribution < -0.4 is 16.2 Å². The zero-order valence-electron chi connectivity index (χ0n) is 14.4. The highest BCUT2D eigenvalue weighted by molar-refractivity contribution is 7.10. The molecule has 0 aliphatic rings. The minimum absolute atomic E-state index is 0.0606. The Hall–Kier alpha value is -2.08. The van der Waals surface area contributed by atoms with E-state index in [-0.39, 0.29) is 5.56 Å². The number of aryl methyl sites for hydroxylation is 1. The van der Waals surface area contributed by atoms with Gasteiger partial charge in [0.05, 0.1) is 0 Å². The van der Waals surface area contributed by atoms with Gasteiger partial charge in [0.15, 0.2) is 5.96 Å². The Morgan fingerprint density at radius 1 is 1.25 bits per heavy atom. The second kappa shape index (κ2) is 9.93. The van der Waals surface area contributed by atoms with E-state index in [1.165, 1.54) is 4.88 Å². The van der Waals surface area contributed by atoms with Crippen molar-refractivity contribution in [2.45, 2.75) is 32.2 Å². The Labute approximate surface area is 147 Å². The molecule has 2 aromatic heterocycles. The number of hydrogen-bond donors (Lipinski definition) is 2. The van der Waals surface area contributed by atoms with Gasteiger partial charge >= 0.3 is 0 Å². The lowest BCUT2D eigenvalue weighted by Crippen LogP contribution is -2.39. The second-order valence-corrected chi connectivity index (χ2v) is 6.72. The number of aliphatic imine (C=N–C) groups is 1. The Bertz CT molecular complexity index is 678. The van der Waals surface area contributed by atoms with Gasteiger partial charge in [0, 0.05) is 49.7 Å². The highest BCUT2D eigenvalue weighted by atomic mass is 32.1. The van der Waals surface area contributed by atoms with E-state index in [9.17, 15) is 4.79 Å². The third kappa shape index (κ3) is 5.85. The molecule has 1 atom stereocenters. The van der Waals surface area contributed by atoms with E-state index in [0.717, 1.165) is 38.4 Å². The van der Waals surface area contributed by atoms with Gasteiger partial charge in [-0.25, -0.2) is 0 Å². The Kier molecular flexibility index (Phi) is 7.55. The predicted molar refractivity (Wildman–Crippen MR) is 102 cm³/mol. The molecule has 0 amide bonds. The zero-order valence-corrected chi connectivity index (χ0v) is 15.2. The van der Waals surface area contributed by atoms with Crippen molar-refractivity contribution < 1.29 is 0 Å². The van der Waals surface area contributed by atoms with Crippen molar-refractivity contribution in [1.29, 1.82) is 0 Å². The maximum atomic E-state index is 11.6. The van der Waals surface area contributed by atoms with Crippen molar-refractivity contribution in [3.63, 3.8) is 0 Å². The number of thiophene rings is 1. The monoisotopic (exact) mass is 346 g/mol. The van der Waals surface area contributed by atoms with Crippen molar-refractivity contribution in [2.75, 3.05) is 20.1 Å². The van der Waals surface area contributed by atoms with Gasteiger partial charge in [-0.05, 0) is 30.4 Å². The molecule has 0 fully saturated rings. The van der Waals surface area contributed by atoms with Crippen molar-refractivity contribution in [2.24, 2.45) is 4.99 Å². The van der Waals surface area contributed by atoms with Crippen molar-refractivity contribution in [1.82, 2.24) is 15.2 Å². The minimum atomic E-state index is 0.0606. The molecule has 0 aromatic carbocycles. The van der Waals surface area contributed by atoms with Gasteiger partial charge in [-0.15, -0.1) is 11.3 Å². The fraction of sp³-hybridized carbons (Fsp3) is 0.444. The average Bonchev–Trinajstić information content (AvgIpc) is 3.13. The maximum Gasteiger partial charge on any atom is 0.250 e. The molecule has 0 radical (unpaired) electrons. The van der Waals surface area contributed by atoms with Crippen LogP contribution in [0.3, 0.4) is 0 Å². The van der Waals surface area contributed by atoms with Crippen LogP contribution >= 0.6 is 11.3 Å². The van der Waals surface area contributed by atoms with Crippen LogP contribution in [0, 0.1) is 0 Å². The number of nitrogens with zero attached hydrogens (tertiary/aromatic N) is 2. The van der Waals surface area contributed by atoms with E-state index in [1.807, 2.05) is 12.3 Å². The number of rotatable bonds is 8. The summed E-state index contributed by atoms with van der Waals surface area (Å²) < 4.78 is 1.75. The van der Waals surface area contributed by atoms with Gasteiger partial charge in [-0.1, -0.05) is 19.1 Å². The third-order valence-corrected chi connectivity index (χ3v) is 4.95. The van der Waals surface area contributed by atoms with Crippen LogP contribution in [0.5, 0.6) is 0 Å². The van der Waals surface area contributed by atoms with Crippen LogP contribution in [0.4, 0.5) is 0 Å². The van der Waals surface area contributed by atoms with Gasteiger partial charge in [0.25, 0.3) is 0 Å². The average molecular weight is 347 g/mol. The van der Waals surface area contributed by atoms with E-state index in [0.29, 0.717) is 5.92 Å². The molecule has 2 heterocycles. The maximum absolute atomic E-state index is 11.6.